The Morgan fingerprint density at radius 1 is 1.10 bits per heavy atom. The van der Waals surface area contributed by atoms with Crippen LogP contribution in [-0.2, 0) is 12.7 Å². The maximum absolute atomic E-state index is 12.8. The van der Waals surface area contributed by atoms with Gasteiger partial charge in [-0.05, 0) is 11.6 Å². The first-order valence-corrected chi connectivity index (χ1v) is 5.68. The molecule has 0 fully saturated rings. The van der Waals surface area contributed by atoms with Crippen molar-refractivity contribution in [2.24, 2.45) is 5.84 Å². The number of nitrogens with one attached hydrogen (secondary N) is 2. The van der Waals surface area contributed by atoms with Crippen LogP contribution in [-0.4, -0.2) is 9.97 Å². The summed E-state index contributed by atoms with van der Waals surface area (Å²) in [4.78, 5) is 7.70. The minimum absolute atomic E-state index is 0.00327. The van der Waals surface area contributed by atoms with Crippen LogP contribution in [0.25, 0.3) is 0 Å². The molecule has 4 N–H and O–H groups in total. The van der Waals surface area contributed by atoms with Crippen LogP contribution in [0.1, 0.15) is 11.1 Å². The first kappa shape index (κ1) is 14.1. The summed E-state index contributed by atoms with van der Waals surface area (Å²) in [5.74, 6) is 5.94. The molecule has 2 rings (SSSR count). The van der Waals surface area contributed by atoms with Crippen LogP contribution in [0.4, 0.5) is 24.8 Å². The van der Waals surface area contributed by atoms with E-state index in [1.807, 2.05) is 0 Å². The molecule has 0 amide bonds. The predicted octanol–water partition coefficient (Wildman–Crippen LogP) is 2.39. The van der Waals surface area contributed by atoms with Crippen LogP contribution in [0.5, 0.6) is 0 Å². The zero-order valence-corrected chi connectivity index (χ0v) is 10.3. The maximum Gasteiger partial charge on any atom is 0.416 e. The molecule has 1 aromatic carbocycles. The number of nitrogens with zero attached hydrogens (tertiary/aromatic N) is 2. The number of halogens is 3. The molecule has 0 radical (unpaired) electrons. The molecule has 2 aromatic rings. The SMILES string of the molecule is NNc1cc(NCc2ccccc2C(F)(F)F)ncn1. The third-order valence-corrected chi connectivity index (χ3v) is 2.60. The van der Waals surface area contributed by atoms with Gasteiger partial charge in [0.2, 0.25) is 0 Å². The Hall–Kier alpha value is -2.35. The molecule has 0 saturated carbocycles. The molecule has 106 valence electrons. The van der Waals surface area contributed by atoms with Crippen LogP contribution < -0.4 is 16.6 Å². The van der Waals surface area contributed by atoms with Crippen molar-refractivity contribution >= 4 is 11.6 Å². The fraction of sp³-hybridized carbons (Fsp3) is 0.167. The van der Waals surface area contributed by atoms with Crippen molar-refractivity contribution in [3.63, 3.8) is 0 Å². The van der Waals surface area contributed by atoms with E-state index in [0.717, 1.165) is 6.07 Å². The average Bonchev–Trinajstić information content (AvgIpc) is 2.44. The smallest absolute Gasteiger partial charge is 0.366 e. The minimum atomic E-state index is -4.38. The summed E-state index contributed by atoms with van der Waals surface area (Å²) in [6.07, 6.45) is -3.12. The van der Waals surface area contributed by atoms with Gasteiger partial charge in [0.1, 0.15) is 18.0 Å². The molecule has 0 bridgehead atoms. The third-order valence-electron chi connectivity index (χ3n) is 2.60. The number of benzene rings is 1. The number of anilines is 2. The Morgan fingerprint density at radius 3 is 2.50 bits per heavy atom. The van der Waals surface area contributed by atoms with E-state index in [4.69, 9.17) is 5.84 Å². The van der Waals surface area contributed by atoms with Gasteiger partial charge in [0.25, 0.3) is 0 Å². The van der Waals surface area contributed by atoms with E-state index in [-0.39, 0.29) is 12.1 Å². The molecule has 5 nitrogen and oxygen atoms in total. The highest BCUT2D eigenvalue weighted by Gasteiger charge is 2.32. The quantitative estimate of drug-likeness (QED) is 0.593. The lowest BCUT2D eigenvalue weighted by Gasteiger charge is -2.13. The number of rotatable bonds is 4. The maximum atomic E-state index is 12.8. The Labute approximate surface area is 113 Å². The van der Waals surface area contributed by atoms with E-state index in [2.05, 4.69) is 20.7 Å². The van der Waals surface area contributed by atoms with Gasteiger partial charge in [-0.1, -0.05) is 18.2 Å². The van der Waals surface area contributed by atoms with Crippen LogP contribution in [0.15, 0.2) is 36.7 Å². The summed E-state index contributed by atoms with van der Waals surface area (Å²) in [6.45, 7) is -0.00327. The van der Waals surface area contributed by atoms with Gasteiger partial charge in [0, 0.05) is 12.6 Å². The van der Waals surface area contributed by atoms with Crippen molar-refractivity contribution < 1.29 is 13.2 Å². The summed E-state index contributed by atoms with van der Waals surface area (Å²) in [5, 5.41) is 2.80. The lowest BCUT2D eigenvalue weighted by atomic mass is 10.1. The highest BCUT2D eigenvalue weighted by Crippen LogP contribution is 2.32. The van der Waals surface area contributed by atoms with Crippen molar-refractivity contribution in [3.8, 4) is 0 Å². The summed E-state index contributed by atoms with van der Waals surface area (Å²) in [6, 6.07) is 6.87. The summed E-state index contributed by atoms with van der Waals surface area (Å²) in [7, 11) is 0. The minimum Gasteiger partial charge on any atom is -0.366 e. The number of nitrogen functional groups attached to an aromatic ring is 1. The van der Waals surface area contributed by atoms with E-state index in [9.17, 15) is 13.2 Å². The summed E-state index contributed by atoms with van der Waals surface area (Å²) < 4.78 is 38.4. The largest absolute Gasteiger partial charge is 0.416 e. The Kier molecular flexibility index (Phi) is 4.04. The summed E-state index contributed by atoms with van der Waals surface area (Å²) in [5.41, 5.74) is 1.80. The molecule has 0 aliphatic heterocycles. The number of hydrogen-bond acceptors (Lipinski definition) is 5. The number of nitrogens with two attached hydrogens (primary N) is 1. The topological polar surface area (TPSA) is 75.9 Å². The zero-order valence-electron chi connectivity index (χ0n) is 10.3. The normalized spacial score (nSPS) is 11.2. The van der Waals surface area contributed by atoms with Crippen LogP contribution in [0.3, 0.4) is 0 Å². The van der Waals surface area contributed by atoms with Gasteiger partial charge in [0.05, 0.1) is 5.56 Å². The van der Waals surface area contributed by atoms with Gasteiger partial charge in [0.15, 0.2) is 0 Å². The number of hydrogen-bond donors (Lipinski definition) is 3. The second-order valence-electron chi connectivity index (χ2n) is 3.94. The third kappa shape index (κ3) is 3.35. The molecular formula is C12H12F3N5. The number of alkyl halides is 3. The zero-order chi connectivity index (χ0) is 14.6. The summed E-state index contributed by atoms with van der Waals surface area (Å²) >= 11 is 0. The van der Waals surface area contributed by atoms with Crippen LogP contribution in [0.2, 0.25) is 0 Å². The van der Waals surface area contributed by atoms with E-state index in [0.29, 0.717) is 11.6 Å². The van der Waals surface area contributed by atoms with E-state index < -0.39 is 11.7 Å². The standard InChI is InChI=1S/C12H12F3N5/c13-12(14,15)9-4-2-1-3-8(9)6-17-10-5-11(20-16)19-7-18-10/h1-5,7H,6,16H2,(H2,17,18,19,20). The lowest BCUT2D eigenvalue weighted by Crippen LogP contribution is -2.13. The van der Waals surface area contributed by atoms with E-state index in [1.54, 1.807) is 6.07 Å². The van der Waals surface area contributed by atoms with E-state index >= 15 is 0 Å². The fourth-order valence-corrected chi connectivity index (χ4v) is 1.67. The van der Waals surface area contributed by atoms with Crippen LogP contribution >= 0.6 is 0 Å². The molecular weight excluding hydrogens is 271 g/mol. The van der Waals surface area contributed by atoms with Gasteiger partial charge in [-0.2, -0.15) is 13.2 Å². The van der Waals surface area contributed by atoms with Crippen LogP contribution in [0, 0.1) is 0 Å². The highest BCUT2D eigenvalue weighted by molar-refractivity contribution is 5.46. The molecule has 20 heavy (non-hydrogen) atoms. The van der Waals surface area contributed by atoms with Gasteiger partial charge < -0.3 is 10.7 Å². The first-order chi connectivity index (χ1) is 9.50. The monoisotopic (exact) mass is 283 g/mol. The van der Waals surface area contributed by atoms with Gasteiger partial charge >= 0.3 is 6.18 Å². The highest BCUT2D eigenvalue weighted by atomic mass is 19.4. The molecule has 0 unspecified atom stereocenters. The number of aromatic nitrogens is 2. The molecule has 8 heteroatoms. The molecule has 1 aromatic heterocycles. The second-order valence-corrected chi connectivity index (χ2v) is 3.94. The average molecular weight is 283 g/mol. The predicted molar refractivity (Wildman–Crippen MR) is 68.6 cm³/mol. The van der Waals surface area contributed by atoms with Crippen molar-refractivity contribution in [2.45, 2.75) is 12.7 Å². The van der Waals surface area contributed by atoms with Crippen molar-refractivity contribution in [1.82, 2.24) is 9.97 Å². The molecule has 0 spiro atoms. The van der Waals surface area contributed by atoms with Gasteiger partial charge in [-0.15, -0.1) is 0 Å². The van der Waals surface area contributed by atoms with Crippen molar-refractivity contribution in [1.29, 1.82) is 0 Å². The molecule has 0 aliphatic rings. The Bertz CT molecular complexity index is 585. The van der Waals surface area contributed by atoms with Gasteiger partial charge in [-0.25, -0.2) is 15.8 Å². The molecule has 0 aliphatic carbocycles. The Balaban J connectivity index is 2.15. The Morgan fingerprint density at radius 2 is 1.80 bits per heavy atom. The molecule has 0 atom stereocenters. The van der Waals surface area contributed by atoms with Crippen molar-refractivity contribution in [2.75, 3.05) is 10.7 Å². The van der Waals surface area contributed by atoms with Crippen molar-refractivity contribution in [3.05, 3.63) is 47.8 Å². The van der Waals surface area contributed by atoms with E-state index in [1.165, 1.54) is 24.5 Å². The number of hydrazine groups is 1. The molecule has 1 heterocycles. The lowest BCUT2D eigenvalue weighted by molar-refractivity contribution is -0.138. The first-order valence-electron chi connectivity index (χ1n) is 5.68. The molecule has 0 saturated heterocycles. The second kappa shape index (κ2) is 5.74. The van der Waals surface area contributed by atoms with Gasteiger partial charge in [-0.3, -0.25) is 0 Å². The fourth-order valence-electron chi connectivity index (χ4n) is 1.67.